The highest BCUT2D eigenvalue weighted by atomic mass is 19.4. The summed E-state index contributed by atoms with van der Waals surface area (Å²) in [7, 11) is 0. The van der Waals surface area contributed by atoms with Gasteiger partial charge in [-0.1, -0.05) is 6.07 Å². The SMILES string of the molecule is Nc1cc(NC(=O)c2cc(F)cc(C(F)(F)F)c2)cc2c1C(c1cc(F)ccc1C(F)F)NC2=O. The van der Waals surface area contributed by atoms with E-state index in [1.165, 1.54) is 0 Å². The second-order valence-electron chi connectivity index (χ2n) is 7.69. The Kier molecular flexibility index (Phi) is 5.91. The van der Waals surface area contributed by atoms with Crippen LogP contribution in [0.5, 0.6) is 0 Å². The van der Waals surface area contributed by atoms with Gasteiger partial charge in [0.15, 0.2) is 0 Å². The van der Waals surface area contributed by atoms with E-state index in [9.17, 15) is 40.3 Å². The zero-order valence-electron chi connectivity index (χ0n) is 17.3. The van der Waals surface area contributed by atoms with Crippen molar-refractivity contribution in [3.63, 3.8) is 0 Å². The Morgan fingerprint density at radius 1 is 1.00 bits per heavy atom. The smallest absolute Gasteiger partial charge is 0.398 e. The number of carbonyl (C=O) groups is 2. The third-order valence-electron chi connectivity index (χ3n) is 5.36. The van der Waals surface area contributed by atoms with Crippen molar-refractivity contribution in [1.29, 1.82) is 0 Å². The average Bonchev–Trinajstić information content (AvgIpc) is 3.09. The van der Waals surface area contributed by atoms with Crippen LogP contribution in [0.15, 0.2) is 48.5 Å². The second kappa shape index (κ2) is 8.60. The molecule has 3 aromatic rings. The number of nitrogen functional groups attached to an aromatic ring is 1. The van der Waals surface area contributed by atoms with Gasteiger partial charge in [0.2, 0.25) is 0 Å². The number of fused-ring (bicyclic) bond motifs is 1. The molecule has 2 amide bonds. The molecule has 4 N–H and O–H groups in total. The van der Waals surface area contributed by atoms with Gasteiger partial charge < -0.3 is 16.4 Å². The molecule has 0 fully saturated rings. The van der Waals surface area contributed by atoms with Gasteiger partial charge in [-0.05, 0) is 48.0 Å². The number of halogens is 7. The molecule has 0 saturated carbocycles. The number of carbonyl (C=O) groups excluding carboxylic acids is 2. The standard InChI is InChI=1S/C23H14F7N3O2/c24-11-1-2-14(20(26)27)15(6-11)19-18-16(22(35)33-19)7-13(8-17(18)31)32-21(34)9-3-10(23(28,29)30)5-12(25)4-9/h1-8,19-20H,31H2,(H,32,34)(H,33,35). The van der Waals surface area contributed by atoms with Crippen LogP contribution >= 0.6 is 0 Å². The van der Waals surface area contributed by atoms with E-state index in [1.54, 1.807) is 0 Å². The van der Waals surface area contributed by atoms with Crippen LogP contribution in [0.1, 0.15) is 55.4 Å². The molecule has 0 saturated heterocycles. The molecular formula is C23H14F7N3O2. The lowest BCUT2D eigenvalue weighted by Gasteiger charge is -2.18. The lowest BCUT2D eigenvalue weighted by molar-refractivity contribution is -0.137. The minimum Gasteiger partial charge on any atom is -0.398 e. The Bertz CT molecular complexity index is 1360. The van der Waals surface area contributed by atoms with Gasteiger partial charge in [0, 0.05) is 33.6 Å². The third-order valence-corrected chi connectivity index (χ3v) is 5.36. The molecule has 182 valence electrons. The lowest BCUT2D eigenvalue weighted by atomic mass is 9.93. The van der Waals surface area contributed by atoms with Crippen molar-refractivity contribution in [3.8, 4) is 0 Å². The van der Waals surface area contributed by atoms with E-state index in [0.717, 1.165) is 30.3 Å². The summed E-state index contributed by atoms with van der Waals surface area (Å²) in [6.07, 6.45) is -7.87. The maximum absolute atomic E-state index is 13.8. The molecule has 0 radical (unpaired) electrons. The van der Waals surface area contributed by atoms with Crippen molar-refractivity contribution in [2.75, 3.05) is 11.1 Å². The van der Waals surface area contributed by atoms with Gasteiger partial charge in [-0.2, -0.15) is 13.2 Å². The Morgan fingerprint density at radius 3 is 2.37 bits per heavy atom. The quantitative estimate of drug-likeness (QED) is 0.325. The number of benzene rings is 3. The van der Waals surface area contributed by atoms with Gasteiger partial charge in [0.1, 0.15) is 11.6 Å². The number of anilines is 2. The Morgan fingerprint density at radius 2 is 1.71 bits per heavy atom. The molecule has 1 aliphatic heterocycles. The van der Waals surface area contributed by atoms with Crippen LogP contribution in [0.4, 0.5) is 42.1 Å². The van der Waals surface area contributed by atoms with Crippen LogP contribution in [-0.4, -0.2) is 11.8 Å². The molecule has 1 heterocycles. The Labute approximate surface area is 192 Å². The summed E-state index contributed by atoms with van der Waals surface area (Å²) in [5.74, 6) is -3.98. The summed E-state index contributed by atoms with van der Waals surface area (Å²) in [4.78, 5) is 25.0. The van der Waals surface area contributed by atoms with Crippen LogP contribution in [0.25, 0.3) is 0 Å². The second-order valence-corrected chi connectivity index (χ2v) is 7.69. The normalized spacial score (nSPS) is 15.2. The Balaban J connectivity index is 1.70. The number of nitrogens with one attached hydrogen (secondary N) is 2. The van der Waals surface area contributed by atoms with Crippen molar-refractivity contribution < 1.29 is 40.3 Å². The summed E-state index contributed by atoms with van der Waals surface area (Å²) < 4.78 is 93.2. The molecular weight excluding hydrogens is 483 g/mol. The molecule has 0 aromatic heterocycles. The van der Waals surface area contributed by atoms with E-state index in [-0.39, 0.29) is 34.1 Å². The average molecular weight is 497 g/mol. The first kappa shape index (κ1) is 24.0. The van der Waals surface area contributed by atoms with E-state index in [0.29, 0.717) is 12.1 Å². The van der Waals surface area contributed by atoms with Crippen molar-refractivity contribution in [3.05, 3.63) is 93.5 Å². The fraction of sp³-hybridized carbons (Fsp3) is 0.130. The number of alkyl halides is 5. The predicted octanol–water partition coefficient (Wildman–Crippen LogP) is 5.59. The van der Waals surface area contributed by atoms with E-state index in [1.807, 2.05) is 0 Å². The van der Waals surface area contributed by atoms with Crippen LogP contribution in [0, 0.1) is 11.6 Å². The van der Waals surface area contributed by atoms with Crippen molar-refractivity contribution in [2.45, 2.75) is 18.6 Å². The first-order chi connectivity index (χ1) is 16.3. The van der Waals surface area contributed by atoms with Crippen LogP contribution < -0.4 is 16.4 Å². The summed E-state index contributed by atoms with van der Waals surface area (Å²) in [6, 6.07) is 4.93. The summed E-state index contributed by atoms with van der Waals surface area (Å²) in [5, 5.41) is 4.67. The zero-order chi connectivity index (χ0) is 25.7. The maximum Gasteiger partial charge on any atom is 0.416 e. The van der Waals surface area contributed by atoms with E-state index in [2.05, 4.69) is 10.6 Å². The van der Waals surface area contributed by atoms with Gasteiger partial charge >= 0.3 is 6.18 Å². The number of amides is 2. The number of rotatable bonds is 4. The molecule has 3 aromatic carbocycles. The van der Waals surface area contributed by atoms with E-state index >= 15 is 0 Å². The molecule has 1 aliphatic rings. The topological polar surface area (TPSA) is 84.2 Å². The largest absolute Gasteiger partial charge is 0.416 e. The molecule has 0 spiro atoms. The number of hydrogen-bond acceptors (Lipinski definition) is 3. The van der Waals surface area contributed by atoms with E-state index < -0.39 is 58.8 Å². The van der Waals surface area contributed by atoms with Crippen molar-refractivity contribution >= 4 is 23.2 Å². The number of nitrogens with two attached hydrogens (primary N) is 1. The third kappa shape index (κ3) is 4.63. The van der Waals surface area contributed by atoms with Crippen molar-refractivity contribution in [2.24, 2.45) is 0 Å². The van der Waals surface area contributed by atoms with E-state index in [4.69, 9.17) is 5.73 Å². The molecule has 1 atom stereocenters. The van der Waals surface area contributed by atoms with Gasteiger partial charge in [-0.15, -0.1) is 0 Å². The molecule has 1 unspecified atom stereocenters. The summed E-state index contributed by atoms with van der Waals surface area (Å²) in [5.41, 5.74) is 2.95. The first-order valence-electron chi connectivity index (χ1n) is 9.86. The molecule has 5 nitrogen and oxygen atoms in total. The molecule has 12 heteroatoms. The zero-order valence-corrected chi connectivity index (χ0v) is 17.3. The maximum atomic E-state index is 13.8. The number of hydrogen-bond donors (Lipinski definition) is 3. The minimum atomic E-state index is -4.89. The fourth-order valence-corrected chi connectivity index (χ4v) is 3.85. The highest BCUT2D eigenvalue weighted by molar-refractivity contribution is 6.07. The van der Waals surface area contributed by atoms with Gasteiger partial charge in [-0.3, -0.25) is 9.59 Å². The van der Waals surface area contributed by atoms with Crippen molar-refractivity contribution in [1.82, 2.24) is 5.32 Å². The van der Waals surface area contributed by atoms with Gasteiger partial charge in [0.25, 0.3) is 18.2 Å². The van der Waals surface area contributed by atoms with Crippen LogP contribution in [-0.2, 0) is 6.18 Å². The van der Waals surface area contributed by atoms with Crippen LogP contribution in [0.2, 0.25) is 0 Å². The first-order valence-corrected chi connectivity index (χ1v) is 9.86. The minimum absolute atomic E-state index is 0.0608. The summed E-state index contributed by atoms with van der Waals surface area (Å²) in [6.45, 7) is 0. The summed E-state index contributed by atoms with van der Waals surface area (Å²) >= 11 is 0. The molecule has 4 rings (SSSR count). The molecule has 35 heavy (non-hydrogen) atoms. The predicted molar refractivity (Wildman–Crippen MR) is 111 cm³/mol. The fourth-order valence-electron chi connectivity index (χ4n) is 3.85. The van der Waals surface area contributed by atoms with Gasteiger partial charge in [-0.25, -0.2) is 17.6 Å². The Hall–Kier alpha value is -4.09. The molecule has 0 aliphatic carbocycles. The highest BCUT2D eigenvalue weighted by Crippen LogP contribution is 2.40. The van der Waals surface area contributed by atoms with Crippen LogP contribution in [0.3, 0.4) is 0 Å². The monoisotopic (exact) mass is 497 g/mol. The highest BCUT2D eigenvalue weighted by Gasteiger charge is 2.35. The van der Waals surface area contributed by atoms with Gasteiger partial charge in [0.05, 0.1) is 11.6 Å². The lowest BCUT2D eigenvalue weighted by Crippen LogP contribution is -2.21. The molecule has 0 bridgehead atoms.